The highest BCUT2D eigenvalue weighted by molar-refractivity contribution is 14.1. The van der Waals surface area contributed by atoms with E-state index in [1.165, 1.54) is 9.13 Å². The van der Waals surface area contributed by atoms with Gasteiger partial charge in [0, 0.05) is 16.2 Å². The third kappa shape index (κ3) is 4.28. The highest BCUT2D eigenvalue weighted by Gasteiger charge is 2.14. The number of halogens is 1. The lowest BCUT2D eigenvalue weighted by Crippen LogP contribution is -2.29. The molecule has 114 valence electrons. The van der Waals surface area contributed by atoms with Gasteiger partial charge in [-0.25, -0.2) is 0 Å². The Morgan fingerprint density at radius 2 is 1.86 bits per heavy atom. The van der Waals surface area contributed by atoms with Crippen LogP contribution in [0.2, 0.25) is 0 Å². The van der Waals surface area contributed by atoms with E-state index in [9.17, 15) is 0 Å². The third-order valence-electron chi connectivity index (χ3n) is 3.87. The van der Waals surface area contributed by atoms with Crippen LogP contribution in [0.5, 0.6) is 0 Å². The average Bonchev–Trinajstić information content (AvgIpc) is 2.96. The summed E-state index contributed by atoms with van der Waals surface area (Å²) >= 11 is 2.31. The van der Waals surface area contributed by atoms with Crippen molar-refractivity contribution in [3.8, 4) is 0 Å². The summed E-state index contributed by atoms with van der Waals surface area (Å²) in [4.78, 5) is 0. The number of nitrogens with two attached hydrogens (primary N) is 1. The number of hydrogen-bond donors (Lipinski definition) is 2. The van der Waals surface area contributed by atoms with E-state index >= 15 is 0 Å². The van der Waals surface area contributed by atoms with Gasteiger partial charge in [0.15, 0.2) is 0 Å². The van der Waals surface area contributed by atoms with E-state index in [4.69, 9.17) is 10.9 Å². The second-order valence-electron chi connectivity index (χ2n) is 5.23. The lowest BCUT2D eigenvalue weighted by atomic mass is 10.0. The monoisotopic (exact) mass is 398 g/mol. The minimum atomic E-state index is 0.0899. The summed E-state index contributed by atoms with van der Waals surface area (Å²) < 4.78 is 3.31. The molecule has 1 atom stereocenters. The van der Waals surface area contributed by atoms with Crippen molar-refractivity contribution in [3.05, 3.63) is 51.4 Å². The van der Waals surface area contributed by atoms with Crippen molar-refractivity contribution in [1.29, 1.82) is 0 Å². The Kier molecular flexibility index (Phi) is 6.20. The van der Waals surface area contributed by atoms with Crippen molar-refractivity contribution in [1.82, 2.24) is 15.2 Å². The maximum absolute atomic E-state index is 5.72. The topological polar surface area (TPSA) is 55.9 Å². The van der Waals surface area contributed by atoms with Crippen molar-refractivity contribution in [2.24, 2.45) is 5.84 Å². The number of rotatable bonds is 7. The summed E-state index contributed by atoms with van der Waals surface area (Å²) in [6, 6.07) is 11.1. The molecule has 3 N–H and O–H groups in total. The van der Waals surface area contributed by atoms with Gasteiger partial charge < -0.3 is 0 Å². The summed E-state index contributed by atoms with van der Waals surface area (Å²) in [5.41, 5.74) is 5.16. The average molecular weight is 398 g/mol. The number of nitrogens with zero attached hydrogens (tertiary/aromatic N) is 2. The SMILES string of the molecule is CCC(CC)n1ccc(CC(NN)c2ccc(I)cc2)n1. The normalized spacial score (nSPS) is 12.8. The molecular weight excluding hydrogens is 375 g/mol. The fourth-order valence-electron chi connectivity index (χ4n) is 2.53. The Balaban J connectivity index is 2.10. The van der Waals surface area contributed by atoms with Gasteiger partial charge in [0.05, 0.1) is 17.8 Å². The molecule has 0 fully saturated rings. The van der Waals surface area contributed by atoms with Crippen LogP contribution >= 0.6 is 22.6 Å². The molecule has 21 heavy (non-hydrogen) atoms. The van der Waals surface area contributed by atoms with Crippen molar-refractivity contribution in [2.75, 3.05) is 0 Å². The van der Waals surface area contributed by atoms with E-state index in [0.717, 1.165) is 25.0 Å². The molecule has 0 aliphatic carbocycles. The van der Waals surface area contributed by atoms with Gasteiger partial charge >= 0.3 is 0 Å². The largest absolute Gasteiger partial charge is 0.271 e. The van der Waals surface area contributed by atoms with Crippen LogP contribution in [0.15, 0.2) is 36.5 Å². The van der Waals surface area contributed by atoms with Crippen molar-refractivity contribution in [3.63, 3.8) is 0 Å². The Morgan fingerprint density at radius 3 is 2.43 bits per heavy atom. The Hall–Kier alpha value is -0.920. The standard InChI is InChI=1S/C16H23IN4/c1-3-15(4-2)21-10-9-14(20-21)11-16(19-18)12-5-7-13(17)8-6-12/h5-10,15-16,19H,3-4,11,18H2,1-2H3. The van der Waals surface area contributed by atoms with Crippen LogP contribution in [0.4, 0.5) is 0 Å². The van der Waals surface area contributed by atoms with Crippen LogP contribution in [0.1, 0.15) is 50.0 Å². The van der Waals surface area contributed by atoms with Crippen LogP contribution in [-0.4, -0.2) is 9.78 Å². The minimum absolute atomic E-state index is 0.0899. The van der Waals surface area contributed by atoms with Crippen molar-refractivity contribution < 1.29 is 0 Å². The van der Waals surface area contributed by atoms with Crippen LogP contribution in [0.3, 0.4) is 0 Å². The van der Waals surface area contributed by atoms with Crippen LogP contribution in [-0.2, 0) is 6.42 Å². The number of hydrogen-bond acceptors (Lipinski definition) is 3. The van der Waals surface area contributed by atoms with Gasteiger partial charge in [-0.05, 0) is 59.2 Å². The molecule has 0 bridgehead atoms. The molecule has 0 saturated heterocycles. The first-order chi connectivity index (χ1) is 10.2. The lowest BCUT2D eigenvalue weighted by Gasteiger charge is -2.16. The fraction of sp³-hybridized carbons (Fsp3) is 0.438. The molecule has 1 aromatic heterocycles. The molecule has 2 aromatic rings. The van der Waals surface area contributed by atoms with E-state index in [1.807, 2.05) is 0 Å². The van der Waals surface area contributed by atoms with E-state index < -0.39 is 0 Å². The number of hydrazine groups is 1. The van der Waals surface area contributed by atoms with E-state index in [-0.39, 0.29) is 6.04 Å². The molecule has 0 aliphatic heterocycles. The Labute approximate surface area is 140 Å². The fourth-order valence-corrected chi connectivity index (χ4v) is 2.89. The molecule has 2 rings (SSSR count). The van der Waals surface area contributed by atoms with Gasteiger partial charge in [-0.15, -0.1) is 0 Å². The van der Waals surface area contributed by atoms with E-state index in [0.29, 0.717) is 6.04 Å². The summed E-state index contributed by atoms with van der Waals surface area (Å²) in [5.74, 6) is 5.72. The van der Waals surface area contributed by atoms with Crippen molar-refractivity contribution >= 4 is 22.6 Å². The lowest BCUT2D eigenvalue weighted by molar-refractivity contribution is 0.422. The molecule has 0 saturated carbocycles. The molecule has 4 nitrogen and oxygen atoms in total. The van der Waals surface area contributed by atoms with E-state index in [1.54, 1.807) is 0 Å². The van der Waals surface area contributed by atoms with Gasteiger partial charge in [0.25, 0.3) is 0 Å². The first-order valence-electron chi connectivity index (χ1n) is 7.43. The van der Waals surface area contributed by atoms with Gasteiger partial charge in [0.1, 0.15) is 0 Å². The summed E-state index contributed by atoms with van der Waals surface area (Å²) in [7, 11) is 0. The highest BCUT2D eigenvalue weighted by Crippen LogP contribution is 2.20. The van der Waals surface area contributed by atoms with Crippen molar-refractivity contribution in [2.45, 2.75) is 45.2 Å². The molecule has 0 spiro atoms. The minimum Gasteiger partial charge on any atom is -0.271 e. The molecule has 5 heteroatoms. The van der Waals surface area contributed by atoms with Gasteiger partial charge in [-0.3, -0.25) is 16.0 Å². The third-order valence-corrected chi connectivity index (χ3v) is 4.59. The first-order valence-corrected chi connectivity index (χ1v) is 8.51. The van der Waals surface area contributed by atoms with Crippen LogP contribution in [0, 0.1) is 3.57 Å². The van der Waals surface area contributed by atoms with Crippen LogP contribution < -0.4 is 11.3 Å². The van der Waals surface area contributed by atoms with Gasteiger partial charge in [-0.2, -0.15) is 5.10 Å². The zero-order valence-corrected chi connectivity index (χ0v) is 14.7. The number of nitrogens with one attached hydrogen (secondary N) is 1. The maximum Gasteiger partial charge on any atom is 0.0644 e. The molecule has 0 amide bonds. The molecular formula is C16H23IN4. The summed E-state index contributed by atoms with van der Waals surface area (Å²) in [6.07, 6.45) is 5.08. The summed E-state index contributed by atoms with van der Waals surface area (Å²) in [6.45, 7) is 4.40. The maximum atomic E-state index is 5.72. The summed E-state index contributed by atoms with van der Waals surface area (Å²) in [5, 5.41) is 4.70. The van der Waals surface area contributed by atoms with Gasteiger partial charge in [0.2, 0.25) is 0 Å². The zero-order chi connectivity index (χ0) is 15.2. The molecule has 0 aliphatic rings. The number of aromatic nitrogens is 2. The quantitative estimate of drug-likeness (QED) is 0.426. The number of benzene rings is 1. The predicted molar refractivity (Wildman–Crippen MR) is 94.8 cm³/mol. The van der Waals surface area contributed by atoms with Gasteiger partial charge in [-0.1, -0.05) is 26.0 Å². The second-order valence-corrected chi connectivity index (χ2v) is 6.48. The molecule has 0 radical (unpaired) electrons. The van der Waals surface area contributed by atoms with E-state index in [2.05, 4.69) is 83.1 Å². The second kappa shape index (κ2) is 7.91. The Bertz CT molecular complexity index is 546. The molecule has 1 unspecified atom stereocenters. The zero-order valence-electron chi connectivity index (χ0n) is 12.6. The first kappa shape index (κ1) is 16.5. The molecule has 1 aromatic carbocycles. The predicted octanol–water partition coefficient (Wildman–Crippen LogP) is 3.60. The molecule has 1 heterocycles. The Morgan fingerprint density at radius 1 is 1.19 bits per heavy atom. The smallest absolute Gasteiger partial charge is 0.0644 e. The highest BCUT2D eigenvalue weighted by atomic mass is 127. The van der Waals surface area contributed by atoms with Crippen LogP contribution in [0.25, 0.3) is 0 Å².